The van der Waals surface area contributed by atoms with Crippen molar-refractivity contribution >= 4 is 11.8 Å². The van der Waals surface area contributed by atoms with Gasteiger partial charge < -0.3 is 10.5 Å². The lowest BCUT2D eigenvalue weighted by Gasteiger charge is -2.06. The zero-order chi connectivity index (χ0) is 14.5. The van der Waals surface area contributed by atoms with Crippen LogP contribution in [0, 0.1) is 17.1 Å². The van der Waals surface area contributed by atoms with E-state index in [9.17, 15) is 9.18 Å². The lowest BCUT2D eigenvalue weighted by atomic mass is 10.1. The van der Waals surface area contributed by atoms with Crippen LogP contribution in [0.1, 0.15) is 11.1 Å². The van der Waals surface area contributed by atoms with E-state index in [4.69, 9.17) is 15.7 Å². The van der Waals surface area contributed by atoms with Gasteiger partial charge in [0.2, 0.25) is 0 Å². The van der Waals surface area contributed by atoms with Gasteiger partial charge in [-0.1, -0.05) is 6.07 Å². The first-order chi connectivity index (χ1) is 9.58. The Morgan fingerprint density at radius 2 is 2.30 bits per heavy atom. The second-order valence-electron chi connectivity index (χ2n) is 4.02. The minimum Gasteiger partial charge on any atom is -0.459 e. The summed E-state index contributed by atoms with van der Waals surface area (Å²) in [6, 6.07) is 7.34. The van der Waals surface area contributed by atoms with Crippen LogP contribution in [0.3, 0.4) is 0 Å². The highest BCUT2D eigenvalue weighted by Crippen LogP contribution is 2.11. The molecule has 7 heteroatoms. The van der Waals surface area contributed by atoms with Crippen molar-refractivity contribution in [3.8, 4) is 6.07 Å². The van der Waals surface area contributed by atoms with E-state index in [-0.39, 0.29) is 24.3 Å². The van der Waals surface area contributed by atoms with Gasteiger partial charge in [0.1, 0.15) is 24.8 Å². The van der Waals surface area contributed by atoms with Crippen molar-refractivity contribution in [2.24, 2.45) is 0 Å². The van der Waals surface area contributed by atoms with Gasteiger partial charge >= 0.3 is 5.97 Å². The highest BCUT2D eigenvalue weighted by Gasteiger charge is 2.09. The summed E-state index contributed by atoms with van der Waals surface area (Å²) in [6.07, 6.45) is 1.54. The number of nitrogen functional groups attached to an aromatic ring is 1. The summed E-state index contributed by atoms with van der Waals surface area (Å²) in [4.78, 5) is 11.5. The summed E-state index contributed by atoms with van der Waals surface area (Å²) < 4.78 is 19.8. The lowest BCUT2D eigenvalue weighted by molar-refractivity contribution is -0.145. The van der Waals surface area contributed by atoms with Crippen LogP contribution < -0.4 is 5.73 Å². The first-order valence-electron chi connectivity index (χ1n) is 5.71. The van der Waals surface area contributed by atoms with Gasteiger partial charge in [-0.25, -0.2) is 4.39 Å². The van der Waals surface area contributed by atoms with Crippen LogP contribution in [-0.4, -0.2) is 15.7 Å². The molecular formula is C13H11FN4O2. The number of carbonyl (C=O) groups is 1. The molecule has 1 heterocycles. The molecule has 2 N–H and O–H groups in total. The Kier molecular flexibility index (Phi) is 3.96. The van der Waals surface area contributed by atoms with Gasteiger partial charge in [0.25, 0.3) is 0 Å². The van der Waals surface area contributed by atoms with Crippen molar-refractivity contribution in [3.05, 3.63) is 47.4 Å². The molecule has 1 aromatic heterocycles. The molecule has 20 heavy (non-hydrogen) atoms. The molecule has 0 fully saturated rings. The zero-order valence-electron chi connectivity index (χ0n) is 10.4. The molecule has 0 spiro atoms. The van der Waals surface area contributed by atoms with Gasteiger partial charge in [0, 0.05) is 11.8 Å². The fourth-order valence-corrected chi connectivity index (χ4v) is 1.54. The molecule has 2 aromatic rings. The summed E-state index contributed by atoms with van der Waals surface area (Å²) in [5, 5.41) is 12.4. The average molecular weight is 274 g/mol. The number of carbonyl (C=O) groups excluding carboxylic acids is 1. The summed E-state index contributed by atoms with van der Waals surface area (Å²) in [7, 11) is 0. The molecule has 102 valence electrons. The highest BCUT2D eigenvalue weighted by atomic mass is 19.1. The van der Waals surface area contributed by atoms with Gasteiger partial charge in [-0.2, -0.15) is 10.4 Å². The van der Waals surface area contributed by atoms with E-state index in [1.54, 1.807) is 12.3 Å². The molecule has 0 radical (unpaired) electrons. The number of esters is 1. The van der Waals surface area contributed by atoms with Crippen molar-refractivity contribution in [2.45, 2.75) is 13.2 Å². The number of nitrogens with zero attached hydrogens (tertiary/aromatic N) is 3. The number of halogens is 1. The summed E-state index contributed by atoms with van der Waals surface area (Å²) in [5.41, 5.74) is 5.82. The Hall–Kier alpha value is -2.88. The monoisotopic (exact) mass is 274 g/mol. The maximum Gasteiger partial charge on any atom is 0.328 e. The lowest BCUT2D eigenvalue weighted by Crippen LogP contribution is -2.14. The molecule has 0 aliphatic carbocycles. The van der Waals surface area contributed by atoms with E-state index in [1.807, 2.05) is 6.07 Å². The second kappa shape index (κ2) is 5.84. The molecule has 1 aromatic carbocycles. The third-order valence-electron chi connectivity index (χ3n) is 2.52. The van der Waals surface area contributed by atoms with E-state index >= 15 is 0 Å². The topological polar surface area (TPSA) is 93.9 Å². The van der Waals surface area contributed by atoms with Gasteiger partial charge in [-0.15, -0.1) is 0 Å². The summed E-state index contributed by atoms with van der Waals surface area (Å²) in [5.74, 6) is -0.840. The molecule has 6 nitrogen and oxygen atoms in total. The minimum atomic E-state index is -0.583. The maximum atomic E-state index is 13.5. The van der Waals surface area contributed by atoms with Crippen LogP contribution in [0.25, 0.3) is 0 Å². The van der Waals surface area contributed by atoms with Gasteiger partial charge in [0.15, 0.2) is 0 Å². The van der Waals surface area contributed by atoms with Crippen LogP contribution >= 0.6 is 0 Å². The molecule has 0 atom stereocenters. The van der Waals surface area contributed by atoms with Crippen molar-refractivity contribution in [2.75, 3.05) is 5.73 Å². The van der Waals surface area contributed by atoms with Crippen LogP contribution in [0.4, 0.5) is 10.2 Å². The SMILES string of the molecule is N#Cc1ccc(COC(=O)Cn2ccc(N)n2)c(F)c1. The van der Waals surface area contributed by atoms with Crippen molar-refractivity contribution < 1.29 is 13.9 Å². The number of rotatable bonds is 4. The predicted octanol–water partition coefficient (Wildman–Crippen LogP) is 1.22. The number of hydrogen-bond donors (Lipinski definition) is 1. The molecule has 0 unspecified atom stereocenters. The zero-order valence-corrected chi connectivity index (χ0v) is 10.4. The van der Waals surface area contributed by atoms with E-state index in [2.05, 4.69) is 5.10 Å². The largest absolute Gasteiger partial charge is 0.459 e. The number of nitrogens with two attached hydrogens (primary N) is 1. The highest BCUT2D eigenvalue weighted by molar-refractivity contribution is 5.69. The molecular weight excluding hydrogens is 263 g/mol. The molecule has 0 amide bonds. The third-order valence-corrected chi connectivity index (χ3v) is 2.52. The van der Waals surface area contributed by atoms with E-state index in [0.29, 0.717) is 5.82 Å². The number of ether oxygens (including phenoxy) is 1. The molecule has 0 aliphatic heterocycles. The molecule has 0 saturated carbocycles. The van der Waals surface area contributed by atoms with Gasteiger partial charge in [-0.3, -0.25) is 9.48 Å². The predicted molar refractivity (Wildman–Crippen MR) is 67.6 cm³/mol. The maximum absolute atomic E-state index is 13.5. The van der Waals surface area contributed by atoms with Crippen LogP contribution in [-0.2, 0) is 22.7 Å². The van der Waals surface area contributed by atoms with Crippen LogP contribution in [0.5, 0.6) is 0 Å². The fraction of sp³-hybridized carbons (Fsp3) is 0.154. The first kappa shape index (κ1) is 13.5. The number of nitriles is 1. The Morgan fingerprint density at radius 1 is 1.50 bits per heavy atom. The Balaban J connectivity index is 1.92. The van der Waals surface area contributed by atoms with E-state index in [1.165, 1.54) is 16.8 Å². The Bertz CT molecular complexity index is 675. The second-order valence-corrected chi connectivity index (χ2v) is 4.02. The first-order valence-corrected chi connectivity index (χ1v) is 5.71. The fourth-order valence-electron chi connectivity index (χ4n) is 1.54. The number of anilines is 1. The van der Waals surface area contributed by atoms with Gasteiger partial charge in [-0.05, 0) is 18.2 Å². The smallest absolute Gasteiger partial charge is 0.328 e. The molecule has 2 rings (SSSR count). The van der Waals surface area contributed by atoms with Crippen LogP contribution in [0.2, 0.25) is 0 Å². The van der Waals surface area contributed by atoms with E-state index in [0.717, 1.165) is 6.07 Å². The Morgan fingerprint density at radius 3 is 2.90 bits per heavy atom. The normalized spacial score (nSPS) is 10.0. The summed E-state index contributed by atoms with van der Waals surface area (Å²) >= 11 is 0. The van der Waals surface area contributed by atoms with Crippen LogP contribution in [0.15, 0.2) is 30.5 Å². The standard InChI is InChI=1S/C13H11FN4O2/c14-11-5-9(6-15)1-2-10(11)8-20-13(19)7-18-4-3-12(16)17-18/h1-5H,7-8H2,(H2,16,17). The molecule has 0 saturated heterocycles. The van der Waals surface area contributed by atoms with Crippen molar-refractivity contribution in [1.29, 1.82) is 5.26 Å². The summed E-state index contributed by atoms with van der Waals surface area (Å²) in [6.45, 7) is -0.303. The van der Waals surface area contributed by atoms with Crippen molar-refractivity contribution in [1.82, 2.24) is 9.78 Å². The van der Waals surface area contributed by atoms with E-state index < -0.39 is 11.8 Å². The van der Waals surface area contributed by atoms with Gasteiger partial charge in [0.05, 0.1) is 11.6 Å². The molecule has 0 bridgehead atoms. The average Bonchev–Trinajstić information content (AvgIpc) is 2.82. The quantitative estimate of drug-likeness (QED) is 0.846. The van der Waals surface area contributed by atoms with Crippen molar-refractivity contribution in [3.63, 3.8) is 0 Å². The number of aromatic nitrogens is 2. The minimum absolute atomic E-state index is 0.102. The Labute approximate surface area is 114 Å². The third kappa shape index (κ3) is 3.32. The number of hydrogen-bond acceptors (Lipinski definition) is 5. The molecule has 0 aliphatic rings. The number of benzene rings is 1.